The molecule has 15 rings (SSSR count). The van der Waals surface area contributed by atoms with E-state index in [2.05, 4.69) is 228 Å². The van der Waals surface area contributed by atoms with E-state index in [4.69, 9.17) is 14.4 Å². The van der Waals surface area contributed by atoms with E-state index >= 15 is 0 Å². The van der Waals surface area contributed by atoms with Crippen LogP contribution in [0.2, 0.25) is 0 Å². The molecule has 10 aromatic carbocycles. The van der Waals surface area contributed by atoms with E-state index < -0.39 is 0 Å². The van der Waals surface area contributed by atoms with E-state index in [9.17, 15) is 0 Å². The minimum atomic E-state index is -0.239. The van der Waals surface area contributed by atoms with Crippen LogP contribution < -0.4 is 0 Å². The average molecular weight is 929 g/mol. The minimum absolute atomic E-state index is 0.140. The average Bonchev–Trinajstić information content (AvgIpc) is 4.17. The van der Waals surface area contributed by atoms with Crippen molar-refractivity contribution in [2.45, 2.75) is 25.8 Å². The van der Waals surface area contributed by atoms with Gasteiger partial charge < -0.3 is 13.6 Å². The lowest BCUT2D eigenvalue weighted by atomic mass is 9.86. The summed E-state index contributed by atoms with van der Waals surface area (Å²) in [6.07, 6.45) is 1.68. The second-order valence-corrected chi connectivity index (χ2v) is 20.4. The lowest BCUT2D eigenvalue weighted by Crippen LogP contribution is -2.18. The zero-order chi connectivity index (χ0) is 46.7. The van der Waals surface area contributed by atoms with Crippen LogP contribution in [0.4, 0.5) is 0 Å². The number of benzene rings is 10. The molecule has 0 aliphatic carbocycles. The van der Waals surface area contributed by atoms with Gasteiger partial charge in [0.2, 0.25) is 0 Å². The molecule has 4 aromatic heterocycles. The Hall–Kier alpha value is -8.58. The van der Waals surface area contributed by atoms with Crippen molar-refractivity contribution >= 4 is 119 Å². The SMILES string of the molecule is CC1CC/C(c2ccc3c(c2)c2ccccc2n3-c2ccccc2)=N\C(c2ccc3c(c2)sc2ccccc23)=N/C1c1cc(-n2c3ccccc3c3cc4ccccc4cc32)cc2oc3ccccc3c12. The Balaban J connectivity index is 0.973. The number of hydrogen-bond acceptors (Lipinski definition) is 4. The molecule has 0 N–H and O–H groups in total. The van der Waals surface area contributed by atoms with Gasteiger partial charge in [0.1, 0.15) is 11.2 Å². The van der Waals surface area contributed by atoms with Crippen molar-refractivity contribution in [1.82, 2.24) is 9.13 Å². The molecule has 0 saturated carbocycles. The summed E-state index contributed by atoms with van der Waals surface area (Å²) in [6, 6.07) is 76.9. The van der Waals surface area contributed by atoms with Gasteiger partial charge in [-0.3, -0.25) is 4.99 Å². The fraction of sp³-hybridized carbons (Fsp3) is 0.0769. The molecule has 0 spiro atoms. The summed E-state index contributed by atoms with van der Waals surface area (Å²) >= 11 is 1.83. The molecular weight excluding hydrogens is 885 g/mol. The van der Waals surface area contributed by atoms with Crippen molar-refractivity contribution in [2.24, 2.45) is 15.9 Å². The Morgan fingerprint density at radius 1 is 0.465 bits per heavy atom. The third kappa shape index (κ3) is 6.31. The van der Waals surface area contributed by atoms with Crippen LogP contribution in [0.1, 0.15) is 42.5 Å². The number of fused-ring (bicyclic) bond motifs is 13. The largest absolute Gasteiger partial charge is 0.456 e. The predicted molar refractivity (Wildman–Crippen MR) is 300 cm³/mol. The van der Waals surface area contributed by atoms with E-state index in [0.717, 1.165) is 85.4 Å². The fourth-order valence-electron chi connectivity index (χ4n) is 11.8. The van der Waals surface area contributed by atoms with Crippen molar-refractivity contribution < 1.29 is 4.42 Å². The van der Waals surface area contributed by atoms with Crippen molar-refractivity contribution in [3.05, 3.63) is 229 Å². The van der Waals surface area contributed by atoms with Crippen molar-refractivity contribution in [2.75, 3.05) is 0 Å². The number of para-hydroxylation sites is 4. The molecule has 0 bridgehead atoms. The van der Waals surface area contributed by atoms with E-state index in [0.29, 0.717) is 0 Å². The van der Waals surface area contributed by atoms with Crippen LogP contribution >= 0.6 is 11.3 Å². The monoisotopic (exact) mass is 928 g/mol. The fourth-order valence-corrected chi connectivity index (χ4v) is 12.9. The summed E-state index contributed by atoms with van der Waals surface area (Å²) in [6.45, 7) is 2.38. The number of thiophene rings is 1. The first kappa shape index (κ1) is 40.3. The number of aromatic nitrogens is 2. The van der Waals surface area contributed by atoms with Crippen LogP contribution in [0, 0.1) is 5.92 Å². The van der Waals surface area contributed by atoms with Gasteiger partial charge in [-0.2, -0.15) is 0 Å². The topological polar surface area (TPSA) is 47.7 Å². The second kappa shape index (κ2) is 15.7. The van der Waals surface area contributed by atoms with Crippen LogP contribution in [-0.2, 0) is 0 Å². The molecule has 14 aromatic rings. The minimum Gasteiger partial charge on any atom is -0.456 e. The summed E-state index contributed by atoms with van der Waals surface area (Å²) in [5.74, 6) is 0.888. The van der Waals surface area contributed by atoms with Gasteiger partial charge in [-0.25, -0.2) is 4.99 Å². The number of aliphatic imine (C=N–C) groups is 2. The Kier molecular flexibility index (Phi) is 8.93. The molecule has 0 radical (unpaired) electrons. The summed E-state index contributed by atoms with van der Waals surface area (Å²) in [7, 11) is 0. The van der Waals surface area contributed by atoms with Gasteiger partial charge in [0.15, 0.2) is 5.84 Å². The van der Waals surface area contributed by atoms with E-state index in [1.807, 2.05) is 11.3 Å². The Bertz CT molecular complexity index is 4560. The molecule has 0 amide bonds. The summed E-state index contributed by atoms with van der Waals surface area (Å²) < 4.78 is 14.2. The number of amidine groups is 1. The molecule has 2 unspecified atom stereocenters. The zero-order valence-electron chi connectivity index (χ0n) is 38.9. The number of rotatable bonds is 5. The molecule has 5 heterocycles. The maximum atomic E-state index is 6.88. The van der Waals surface area contributed by atoms with Gasteiger partial charge in [0.25, 0.3) is 0 Å². The van der Waals surface area contributed by atoms with Crippen LogP contribution in [0.3, 0.4) is 0 Å². The standard InChI is InChI=1S/C65H44N4OS/c1-39-27-31-54(42-29-32-57-51(34-42)46-19-7-11-23-55(46)68(57)44-17-3-2-4-18-44)66-65(43-28-30-49-48-21-10-14-26-61(48)71-62(49)36-43)67-64(39)53-37-45(38-60-63(53)50-22-9-13-25-59(50)70-60)69-56-24-12-8-20-47(56)52-33-40-15-5-6-16-41(40)35-58(52)69/h2-26,28-30,32-39,64H,27,31H2,1H3/b66-54+,67-65-. The molecule has 1 aliphatic rings. The predicted octanol–water partition coefficient (Wildman–Crippen LogP) is 17.7. The van der Waals surface area contributed by atoms with Gasteiger partial charge >= 0.3 is 0 Å². The van der Waals surface area contributed by atoms with Crippen LogP contribution in [0.25, 0.3) is 108 Å². The third-order valence-corrected chi connectivity index (χ3v) is 16.3. The van der Waals surface area contributed by atoms with Crippen molar-refractivity contribution in [1.29, 1.82) is 0 Å². The number of nitrogens with zero attached hydrogens (tertiary/aromatic N) is 4. The molecule has 1 aliphatic heterocycles. The lowest BCUT2D eigenvalue weighted by molar-refractivity contribution is 0.448. The van der Waals surface area contributed by atoms with Crippen LogP contribution in [0.5, 0.6) is 0 Å². The molecule has 0 saturated heterocycles. The molecule has 336 valence electrons. The van der Waals surface area contributed by atoms with Gasteiger partial charge in [0.05, 0.1) is 39.5 Å². The quantitative estimate of drug-likeness (QED) is 0.170. The molecular formula is C65H44N4OS. The highest BCUT2D eigenvalue weighted by Crippen LogP contribution is 2.45. The Morgan fingerprint density at radius 3 is 1.92 bits per heavy atom. The van der Waals surface area contributed by atoms with Crippen LogP contribution in [-0.4, -0.2) is 20.7 Å². The smallest absolute Gasteiger partial charge is 0.155 e. The van der Waals surface area contributed by atoms with Crippen molar-refractivity contribution in [3.8, 4) is 11.4 Å². The van der Waals surface area contributed by atoms with Crippen LogP contribution in [0.15, 0.2) is 227 Å². The third-order valence-electron chi connectivity index (χ3n) is 15.1. The molecule has 71 heavy (non-hydrogen) atoms. The Morgan fingerprint density at radius 2 is 1.10 bits per heavy atom. The highest BCUT2D eigenvalue weighted by molar-refractivity contribution is 7.25. The normalized spacial score (nSPS) is 17.2. The van der Waals surface area contributed by atoms with Gasteiger partial charge in [-0.05, 0) is 113 Å². The lowest BCUT2D eigenvalue weighted by Gasteiger charge is -2.26. The second-order valence-electron chi connectivity index (χ2n) is 19.3. The van der Waals surface area contributed by atoms with Gasteiger partial charge in [-0.15, -0.1) is 11.3 Å². The first-order valence-corrected chi connectivity index (χ1v) is 25.4. The highest BCUT2D eigenvalue weighted by atomic mass is 32.1. The number of hydrogen-bond donors (Lipinski definition) is 0. The van der Waals surface area contributed by atoms with Crippen molar-refractivity contribution in [3.63, 3.8) is 0 Å². The summed E-state index contributed by atoms with van der Waals surface area (Å²) in [5, 5.41) is 12.1. The Labute approximate surface area is 412 Å². The van der Waals surface area contributed by atoms with Gasteiger partial charge in [0, 0.05) is 69.8 Å². The first-order chi connectivity index (χ1) is 35.1. The summed E-state index contributed by atoms with van der Waals surface area (Å²) in [5.41, 5.74) is 13.0. The molecule has 6 heteroatoms. The first-order valence-electron chi connectivity index (χ1n) is 24.6. The van der Waals surface area contributed by atoms with E-state index in [-0.39, 0.29) is 12.0 Å². The highest BCUT2D eigenvalue weighted by Gasteiger charge is 2.29. The number of furan rings is 1. The summed E-state index contributed by atoms with van der Waals surface area (Å²) in [4.78, 5) is 11.7. The van der Waals surface area contributed by atoms with E-state index in [1.54, 1.807) is 0 Å². The van der Waals surface area contributed by atoms with Gasteiger partial charge in [-0.1, -0.05) is 140 Å². The molecule has 0 fully saturated rings. The molecule has 5 nitrogen and oxygen atoms in total. The van der Waals surface area contributed by atoms with E-state index in [1.165, 1.54) is 63.5 Å². The zero-order valence-corrected chi connectivity index (χ0v) is 39.7. The maximum absolute atomic E-state index is 6.88. The maximum Gasteiger partial charge on any atom is 0.155 e. The molecule has 2 atom stereocenters.